The second kappa shape index (κ2) is 13.1. The van der Waals surface area contributed by atoms with Crippen molar-refractivity contribution in [1.82, 2.24) is 10.3 Å². The van der Waals surface area contributed by atoms with Gasteiger partial charge in [-0.05, 0) is 47.6 Å². The molecule has 0 saturated heterocycles. The van der Waals surface area contributed by atoms with Crippen molar-refractivity contribution in [3.05, 3.63) is 71.4 Å². The summed E-state index contributed by atoms with van der Waals surface area (Å²) in [7, 11) is 0. The molecular formula is C29H33F2N3O3S. The number of halogens is 2. The summed E-state index contributed by atoms with van der Waals surface area (Å²) in [5, 5.41) is 5.91. The number of rotatable bonds is 10. The fourth-order valence-corrected chi connectivity index (χ4v) is 5.50. The zero-order valence-electron chi connectivity index (χ0n) is 21.6. The third-order valence-corrected chi connectivity index (χ3v) is 7.54. The highest BCUT2D eigenvalue weighted by Crippen LogP contribution is 2.32. The minimum atomic E-state index is -0.843. The van der Waals surface area contributed by atoms with Crippen LogP contribution in [0.1, 0.15) is 57.1 Å². The Bertz CT molecular complexity index is 1240. The van der Waals surface area contributed by atoms with Crippen LogP contribution < -0.4 is 10.6 Å². The monoisotopic (exact) mass is 541 g/mol. The highest BCUT2D eigenvalue weighted by atomic mass is 32.1. The van der Waals surface area contributed by atoms with E-state index in [0.29, 0.717) is 17.8 Å². The van der Waals surface area contributed by atoms with Gasteiger partial charge in [-0.2, -0.15) is 0 Å². The van der Waals surface area contributed by atoms with Crippen LogP contribution in [0, 0.1) is 17.6 Å². The molecule has 6 nitrogen and oxygen atoms in total. The van der Waals surface area contributed by atoms with Crippen LogP contribution in [0.3, 0.4) is 0 Å². The average Bonchev–Trinajstić information content (AvgIpc) is 3.34. The van der Waals surface area contributed by atoms with E-state index < -0.39 is 29.5 Å². The van der Waals surface area contributed by atoms with Crippen LogP contribution in [0.4, 0.5) is 13.9 Å². The number of aromatic nitrogens is 1. The first kappa shape index (κ1) is 27.9. The van der Waals surface area contributed by atoms with Crippen molar-refractivity contribution in [2.75, 3.05) is 5.32 Å². The van der Waals surface area contributed by atoms with Crippen LogP contribution in [-0.4, -0.2) is 28.9 Å². The molecule has 0 spiro atoms. The molecular weight excluding hydrogens is 508 g/mol. The quantitative estimate of drug-likeness (QED) is 0.318. The molecule has 0 aliphatic heterocycles. The van der Waals surface area contributed by atoms with Gasteiger partial charge in [-0.3, -0.25) is 9.59 Å². The second-order valence-electron chi connectivity index (χ2n) is 9.99. The lowest BCUT2D eigenvalue weighted by molar-refractivity contribution is -0.127. The fraction of sp³-hybridized carbons (Fsp3) is 0.414. The summed E-state index contributed by atoms with van der Waals surface area (Å²) in [5.41, 5.74) is 2.27. The highest BCUT2D eigenvalue weighted by Gasteiger charge is 2.25. The molecule has 0 bridgehead atoms. The minimum Gasteiger partial charge on any atom is -0.374 e. The van der Waals surface area contributed by atoms with E-state index in [1.54, 1.807) is 6.20 Å². The number of hydrogen-bond donors (Lipinski definition) is 2. The van der Waals surface area contributed by atoms with E-state index in [2.05, 4.69) is 15.6 Å². The lowest BCUT2D eigenvalue weighted by atomic mass is 9.97. The number of nitrogens with one attached hydrogen (secondary N) is 2. The maximum Gasteiger partial charge on any atom is 0.248 e. The summed E-state index contributed by atoms with van der Waals surface area (Å²) in [6.07, 6.45) is 7.69. The average molecular weight is 542 g/mol. The molecule has 1 aromatic heterocycles. The molecule has 1 atom stereocenters. The maximum atomic E-state index is 13.5. The molecule has 2 aromatic carbocycles. The molecule has 1 fully saturated rings. The summed E-state index contributed by atoms with van der Waals surface area (Å²) < 4.78 is 33.1. The summed E-state index contributed by atoms with van der Waals surface area (Å²) >= 11 is 1.35. The molecule has 38 heavy (non-hydrogen) atoms. The van der Waals surface area contributed by atoms with Crippen LogP contribution in [0.25, 0.3) is 10.4 Å². The molecule has 2 N–H and O–H groups in total. The van der Waals surface area contributed by atoms with Crippen LogP contribution in [0.2, 0.25) is 0 Å². The molecule has 202 valence electrons. The molecule has 9 heteroatoms. The maximum absolute atomic E-state index is 13.5. The van der Waals surface area contributed by atoms with Crippen molar-refractivity contribution in [2.45, 2.75) is 71.1 Å². The third-order valence-electron chi connectivity index (χ3n) is 6.60. The smallest absolute Gasteiger partial charge is 0.248 e. The Morgan fingerprint density at radius 2 is 1.79 bits per heavy atom. The Labute approximate surface area is 225 Å². The normalized spacial score (nSPS) is 14.9. The first-order valence-electron chi connectivity index (χ1n) is 13.0. The van der Waals surface area contributed by atoms with Gasteiger partial charge in [-0.15, -0.1) is 0 Å². The van der Waals surface area contributed by atoms with E-state index in [1.165, 1.54) is 30.6 Å². The van der Waals surface area contributed by atoms with E-state index in [-0.39, 0.29) is 17.9 Å². The molecule has 2 amide bonds. The van der Waals surface area contributed by atoms with Crippen LogP contribution >= 0.6 is 11.3 Å². The Balaban J connectivity index is 1.39. The number of thiazole rings is 1. The summed E-state index contributed by atoms with van der Waals surface area (Å²) in [6, 6.07) is 10.1. The van der Waals surface area contributed by atoms with E-state index >= 15 is 0 Å². The first-order chi connectivity index (χ1) is 18.3. The molecule has 1 aliphatic carbocycles. The largest absolute Gasteiger partial charge is 0.374 e. The van der Waals surface area contributed by atoms with Crippen molar-refractivity contribution in [1.29, 1.82) is 0 Å². The van der Waals surface area contributed by atoms with Crippen molar-refractivity contribution >= 4 is 28.3 Å². The van der Waals surface area contributed by atoms with E-state index in [0.717, 1.165) is 47.0 Å². The molecule has 3 aromatic rings. The lowest BCUT2D eigenvalue weighted by Crippen LogP contribution is -2.47. The molecule has 1 heterocycles. The number of carbonyl (C=O) groups excluding carboxylic acids is 2. The van der Waals surface area contributed by atoms with Gasteiger partial charge in [0.05, 0.1) is 24.0 Å². The van der Waals surface area contributed by atoms with Gasteiger partial charge in [0.25, 0.3) is 0 Å². The molecule has 1 saturated carbocycles. The third kappa shape index (κ3) is 7.68. The highest BCUT2D eigenvalue weighted by molar-refractivity contribution is 7.19. The molecule has 4 rings (SSSR count). The Morgan fingerprint density at radius 3 is 2.50 bits per heavy atom. The van der Waals surface area contributed by atoms with Gasteiger partial charge < -0.3 is 15.4 Å². The molecule has 0 unspecified atom stereocenters. The number of ether oxygens (including phenoxy) is 1. The Kier molecular flexibility index (Phi) is 9.58. The molecule has 1 aliphatic rings. The zero-order chi connectivity index (χ0) is 27.1. The number of nitrogens with zero attached hydrogens (tertiary/aromatic N) is 1. The van der Waals surface area contributed by atoms with Gasteiger partial charge in [-0.1, -0.05) is 68.7 Å². The van der Waals surface area contributed by atoms with Crippen LogP contribution in [-0.2, 0) is 27.4 Å². The van der Waals surface area contributed by atoms with Crippen molar-refractivity contribution in [2.24, 2.45) is 5.92 Å². The number of amides is 2. The topological polar surface area (TPSA) is 80.3 Å². The minimum absolute atomic E-state index is 0.193. The fourth-order valence-electron chi connectivity index (χ4n) is 4.62. The van der Waals surface area contributed by atoms with Gasteiger partial charge >= 0.3 is 0 Å². The van der Waals surface area contributed by atoms with E-state index in [9.17, 15) is 18.4 Å². The second-order valence-corrected chi connectivity index (χ2v) is 11.0. The summed E-state index contributed by atoms with van der Waals surface area (Å²) in [6.45, 7) is 4.14. The van der Waals surface area contributed by atoms with Crippen molar-refractivity contribution in [3.63, 3.8) is 0 Å². The van der Waals surface area contributed by atoms with Crippen molar-refractivity contribution in [3.8, 4) is 10.4 Å². The lowest BCUT2D eigenvalue weighted by Gasteiger charge is -2.22. The van der Waals surface area contributed by atoms with Gasteiger partial charge in [-0.25, -0.2) is 13.8 Å². The van der Waals surface area contributed by atoms with Crippen molar-refractivity contribution < 1.29 is 23.1 Å². The van der Waals surface area contributed by atoms with Gasteiger partial charge in [0, 0.05) is 12.3 Å². The number of carbonyl (C=O) groups is 2. The zero-order valence-corrected chi connectivity index (χ0v) is 22.5. The van der Waals surface area contributed by atoms with E-state index in [4.69, 9.17) is 4.74 Å². The molecule has 0 radical (unpaired) electrons. The van der Waals surface area contributed by atoms with Gasteiger partial charge in [0.15, 0.2) is 5.13 Å². The predicted octanol–water partition coefficient (Wildman–Crippen LogP) is 6.26. The Morgan fingerprint density at radius 1 is 1.08 bits per heavy atom. The van der Waals surface area contributed by atoms with Crippen LogP contribution in [0.5, 0.6) is 0 Å². The predicted molar refractivity (Wildman–Crippen MR) is 145 cm³/mol. The van der Waals surface area contributed by atoms with E-state index in [1.807, 2.05) is 38.1 Å². The SMILES string of the molecule is CC(C)[C@H](NC(=O)Cc1cc(F)cc(F)c1)C(=O)Nc1ncc(-c2ccccc2COC2CCCCC2)s1. The number of hydrogen-bond acceptors (Lipinski definition) is 5. The van der Waals surface area contributed by atoms with Gasteiger partial charge in [0.1, 0.15) is 17.7 Å². The Hall–Kier alpha value is -3.17. The number of anilines is 1. The standard InChI is InChI=1S/C29H33F2N3O3S/c1-18(2)27(33-26(35)14-19-12-21(30)15-22(31)13-19)28(36)34-29-32-16-25(38-29)24-11-7-6-8-20(24)17-37-23-9-4-3-5-10-23/h6-8,11-13,15-16,18,23,27H,3-5,9-10,14,17H2,1-2H3,(H,33,35)(H,32,34,36)/t27-/m0/s1. The summed E-state index contributed by atoms with van der Waals surface area (Å²) in [5.74, 6) is -2.65. The first-order valence-corrected chi connectivity index (χ1v) is 13.8. The van der Waals surface area contributed by atoms with Gasteiger partial charge in [0.2, 0.25) is 11.8 Å². The summed E-state index contributed by atoms with van der Waals surface area (Å²) in [4.78, 5) is 30.9. The van der Waals surface area contributed by atoms with Crippen LogP contribution in [0.15, 0.2) is 48.7 Å². The number of benzene rings is 2.